The number of nitrogens with one attached hydrogen (secondary N) is 1. The third kappa shape index (κ3) is 4.13. The third-order valence-corrected chi connectivity index (χ3v) is 6.31. The molecule has 0 amide bonds. The van der Waals surface area contributed by atoms with Crippen molar-refractivity contribution in [2.24, 2.45) is 0 Å². The number of halogens is 1. The zero-order valence-electron chi connectivity index (χ0n) is 15.6. The first-order chi connectivity index (χ1) is 13.3. The van der Waals surface area contributed by atoms with E-state index in [1.165, 1.54) is 25.3 Å². The zero-order chi connectivity index (χ0) is 20.4. The average molecular weight is 415 g/mol. The Morgan fingerprint density at radius 1 is 1.36 bits per heavy atom. The Bertz CT molecular complexity index is 878. The summed E-state index contributed by atoms with van der Waals surface area (Å²) < 4.78 is 63.0. The van der Waals surface area contributed by atoms with Crippen LogP contribution in [-0.2, 0) is 29.0 Å². The van der Waals surface area contributed by atoms with E-state index in [1.54, 1.807) is 6.92 Å². The first-order valence-electron chi connectivity index (χ1n) is 8.83. The molecular formula is C18H22FNO7S. The number of sulfonamides is 1. The maximum Gasteiger partial charge on any atom is 0.335 e. The summed E-state index contributed by atoms with van der Waals surface area (Å²) in [5, 5.41) is -1.17. The molecule has 0 radical (unpaired) electrons. The lowest BCUT2D eigenvalue weighted by Gasteiger charge is -2.33. The molecule has 3 rings (SSSR count). The van der Waals surface area contributed by atoms with E-state index in [9.17, 15) is 17.6 Å². The molecule has 1 saturated heterocycles. The summed E-state index contributed by atoms with van der Waals surface area (Å²) in [6.07, 6.45) is 1.77. The van der Waals surface area contributed by atoms with Gasteiger partial charge in [0.05, 0.1) is 38.2 Å². The Morgan fingerprint density at radius 2 is 2.07 bits per heavy atom. The smallest absolute Gasteiger partial charge is 0.335 e. The maximum absolute atomic E-state index is 13.6. The van der Waals surface area contributed by atoms with Gasteiger partial charge in [-0.15, -0.1) is 0 Å². The number of carbonyl (C=O) groups excluding carboxylic acids is 1. The molecule has 1 spiro atoms. The number of hydrogen-bond acceptors (Lipinski definition) is 7. The molecule has 0 bridgehead atoms. The van der Waals surface area contributed by atoms with Crippen molar-refractivity contribution in [2.75, 3.05) is 31.7 Å². The predicted molar refractivity (Wildman–Crippen MR) is 97.9 cm³/mol. The van der Waals surface area contributed by atoms with Crippen molar-refractivity contribution >= 4 is 21.7 Å². The average Bonchev–Trinajstić information content (AvgIpc) is 3.10. The van der Waals surface area contributed by atoms with Crippen LogP contribution < -0.4 is 9.46 Å². The van der Waals surface area contributed by atoms with Crippen molar-refractivity contribution in [3.8, 4) is 5.75 Å². The molecule has 154 valence electrons. The number of esters is 1. The zero-order valence-corrected chi connectivity index (χ0v) is 16.4. The number of hydrogen-bond donors (Lipinski definition) is 1. The van der Waals surface area contributed by atoms with Crippen LogP contribution in [0.4, 0.5) is 10.1 Å². The first kappa shape index (κ1) is 20.6. The summed E-state index contributed by atoms with van der Waals surface area (Å²) >= 11 is 0. The van der Waals surface area contributed by atoms with Gasteiger partial charge in [-0.25, -0.2) is 17.6 Å². The predicted octanol–water partition coefficient (Wildman–Crippen LogP) is 1.97. The Balaban J connectivity index is 1.91. The quantitative estimate of drug-likeness (QED) is 0.709. The van der Waals surface area contributed by atoms with Gasteiger partial charge >= 0.3 is 5.97 Å². The van der Waals surface area contributed by atoms with Crippen molar-refractivity contribution in [3.63, 3.8) is 0 Å². The SMILES string of the molecule is CCOC(=O)C1=CC2(CCC1S(=O)(=O)Nc1ccc(F)c(OC)c1)OCCO2. The number of benzene rings is 1. The second-order valence-corrected chi connectivity index (χ2v) is 8.22. The second kappa shape index (κ2) is 8.06. The number of ether oxygens (including phenoxy) is 4. The molecule has 1 atom stereocenters. The lowest BCUT2D eigenvalue weighted by molar-refractivity contribution is -0.143. The Labute approximate surface area is 162 Å². The van der Waals surface area contributed by atoms with Gasteiger partial charge in [-0.3, -0.25) is 4.72 Å². The van der Waals surface area contributed by atoms with E-state index in [0.717, 1.165) is 6.07 Å². The van der Waals surface area contributed by atoms with Gasteiger partial charge in [0.25, 0.3) is 0 Å². The van der Waals surface area contributed by atoms with Crippen LogP contribution in [-0.4, -0.2) is 52.4 Å². The highest BCUT2D eigenvalue weighted by Crippen LogP contribution is 2.37. The molecule has 10 heteroatoms. The van der Waals surface area contributed by atoms with Gasteiger partial charge in [-0.1, -0.05) is 0 Å². The molecule has 1 aromatic carbocycles. The highest BCUT2D eigenvalue weighted by molar-refractivity contribution is 7.93. The molecule has 0 aromatic heterocycles. The summed E-state index contributed by atoms with van der Waals surface area (Å²) in [6.45, 7) is 2.45. The van der Waals surface area contributed by atoms with E-state index in [4.69, 9.17) is 18.9 Å². The van der Waals surface area contributed by atoms with Crippen LogP contribution in [0.15, 0.2) is 29.8 Å². The van der Waals surface area contributed by atoms with E-state index in [-0.39, 0.29) is 36.5 Å². The van der Waals surface area contributed by atoms with Crippen LogP contribution >= 0.6 is 0 Å². The molecule has 1 aliphatic heterocycles. The molecule has 28 heavy (non-hydrogen) atoms. The fourth-order valence-electron chi connectivity index (χ4n) is 3.27. The van der Waals surface area contributed by atoms with Gasteiger partial charge in [-0.2, -0.15) is 0 Å². The fourth-order valence-corrected chi connectivity index (χ4v) is 4.80. The van der Waals surface area contributed by atoms with Gasteiger partial charge in [0, 0.05) is 12.5 Å². The molecule has 1 N–H and O–H groups in total. The summed E-state index contributed by atoms with van der Waals surface area (Å²) in [5.74, 6) is -2.56. The van der Waals surface area contributed by atoms with Crippen LogP contribution in [0.5, 0.6) is 5.75 Å². The van der Waals surface area contributed by atoms with Gasteiger partial charge in [0.15, 0.2) is 17.4 Å². The van der Waals surface area contributed by atoms with Crippen LogP contribution in [0.25, 0.3) is 0 Å². The lowest BCUT2D eigenvalue weighted by Crippen LogP contribution is -2.42. The summed E-state index contributed by atoms with van der Waals surface area (Å²) in [5.41, 5.74) is 0.0756. The van der Waals surface area contributed by atoms with Crippen LogP contribution in [0.2, 0.25) is 0 Å². The molecular weight excluding hydrogens is 393 g/mol. The topological polar surface area (TPSA) is 100 Å². The molecule has 8 nitrogen and oxygen atoms in total. The van der Waals surface area contributed by atoms with E-state index in [1.807, 2.05) is 0 Å². The normalized spacial score (nSPS) is 21.2. The van der Waals surface area contributed by atoms with Crippen molar-refractivity contribution in [3.05, 3.63) is 35.7 Å². The van der Waals surface area contributed by atoms with Crippen LogP contribution in [0.3, 0.4) is 0 Å². The minimum atomic E-state index is -4.04. The number of carbonyl (C=O) groups is 1. The number of rotatable bonds is 6. The van der Waals surface area contributed by atoms with Crippen molar-refractivity contribution in [2.45, 2.75) is 30.8 Å². The van der Waals surface area contributed by atoms with Gasteiger partial charge in [0.1, 0.15) is 5.25 Å². The number of anilines is 1. The van der Waals surface area contributed by atoms with E-state index >= 15 is 0 Å². The third-order valence-electron chi connectivity index (χ3n) is 4.55. The first-order valence-corrected chi connectivity index (χ1v) is 10.4. The monoisotopic (exact) mass is 415 g/mol. The molecule has 1 aliphatic carbocycles. The summed E-state index contributed by atoms with van der Waals surface area (Å²) in [4.78, 5) is 12.4. The molecule has 2 aliphatic rings. The maximum atomic E-state index is 13.6. The molecule has 0 saturated carbocycles. The van der Waals surface area contributed by atoms with Crippen molar-refractivity contribution < 1.29 is 36.6 Å². The molecule has 1 fully saturated rings. The molecule has 1 heterocycles. The minimum Gasteiger partial charge on any atom is -0.494 e. The second-order valence-electron chi connectivity index (χ2n) is 6.35. The summed E-state index contributed by atoms with van der Waals surface area (Å²) in [7, 11) is -2.76. The van der Waals surface area contributed by atoms with Gasteiger partial charge < -0.3 is 18.9 Å². The van der Waals surface area contributed by atoms with E-state index in [0.29, 0.717) is 13.2 Å². The Kier molecular flexibility index (Phi) is 5.92. The standard InChI is InChI=1S/C18H22FNO7S/c1-3-25-17(21)13-11-18(26-8-9-27-18)7-6-16(13)28(22,23)20-12-4-5-14(19)15(10-12)24-2/h4-5,10-11,16,20H,3,6-9H2,1-2H3. The van der Waals surface area contributed by atoms with E-state index < -0.39 is 32.8 Å². The summed E-state index contributed by atoms with van der Waals surface area (Å²) in [6, 6.07) is 3.60. The highest BCUT2D eigenvalue weighted by Gasteiger charge is 2.46. The van der Waals surface area contributed by atoms with E-state index in [2.05, 4.69) is 4.72 Å². The van der Waals surface area contributed by atoms with Crippen LogP contribution in [0.1, 0.15) is 19.8 Å². The Morgan fingerprint density at radius 3 is 2.71 bits per heavy atom. The van der Waals surface area contributed by atoms with Gasteiger partial charge in [-0.05, 0) is 31.6 Å². The Hall–Kier alpha value is -2.17. The molecule has 1 unspecified atom stereocenters. The van der Waals surface area contributed by atoms with Crippen molar-refractivity contribution in [1.29, 1.82) is 0 Å². The largest absolute Gasteiger partial charge is 0.494 e. The minimum absolute atomic E-state index is 0.0448. The fraction of sp³-hybridized carbons (Fsp3) is 0.500. The highest BCUT2D eigenvalue weighted by atomic mass is 32.2. The van der Waals surface area contributed by atoms with Crippen molar-refractivity contribution in [1.82, 2.24) is 0 Å². The number of methoxy groups -OCH3 is 1. The van der Waals surface area contributed by atoms with Gasteiger partial charge in [0.2, 0.25) is 10.0 Å². The van der Waals surface area contributed by atoms with Crippen LogP contribution in [0, 0.1) is 5.82 Å². The lowest BCUT2D eigenvalue weighted by atomic mass is 9.94. The molecule has 1 aromatic rings.